The Hall–Kier alpha value is -0.920. The zero-order valence-electron chi connectivity index (χ0n) is 25.5. The number of benzene rings is 3. The monoisotopic (exact) mass is 594 g/mol. The van der Waals surface area contributed by atoms with Gasteiger partial charge in [-0.3, -0.25) is 9.11 Å². The molecule has 0 aliphatic carbocycles. The Balaban J connectivity index is 0. The van der Waals surface area contributed by atoms with Crippen LogP contribution in [0.4, 0.5) is 11.4 Å². The van der Waals surface area contributed by atoms with Gasteiger partial charge < -0.3 is 12.7 Å². The summed E-state index contributed by atoms with van der Waals surface area (Å²) in [4.78, 5) is 3.45. The number of nitrogens with zero attached hydrogens (tertiary/aromatic N) is 2. The van der Waals surface area contributed by atoms with Crippen LogP contribution in [-0.2, 0) is 20.2 Å². The summed E-state index contributed by atoms with van der Waals surface area (Å²) in [5.41, 5.74) is 3.42. The molecule has 0 saturated heterocycles. The van der Waals surface area contributed by atoms with Crippen molar-refractivity contribution < 1.29 is 87.9 Å². The van der Waals surface area contributed by atoms with Crippen molar-refractivity contribution in [1.29, 1.82) is 0 Å². The van der Waals surface area contributed by atoms with Crippen molar-refractivity contribution in [3.63, 3.8) is 0 Å². The molecule has 3 rings (SSSR count). The molecule has 0 bridgehead atoms. The second kappa shape index (κ2) is 15.3. The normalized spacial score (nSPS) is 11.5. The molecule has 0 spiro atoms. The Bertz CT molecular complexity index is 1380. The van der Waals surface area contributed by atoms with Crippen LogP contribution in [0.1, 0.15) is 53.2 Å². The van der Waals surface area contributed by atoms with Gasteiger partial charge in [0.15, 0.2) is 0 Å². The van der Waals surface area contributed by atoms with E-state index in [1.54, 1.807) is 0 Å². The first-order valence-electron chi connectivity index (χ1n) is 12.2. The Morgan fingerprint density at radius 3 is 1.33 bits per heavy atom. The summed E-state index contributed by atoms with van der Waals surface area (Å²) >= 11 is 0. The van der Waals surface area contributed by atoms with Crippen LogP contribution in [0.2, 0.25) is 0 Å². The van der Waals surface area contributed by atoms with E-state index in [-0.39, 0.29) is 67.5 Å². The van der Waals surface area contributed by atoms with Crippen molar-refractivity contribution in [1.82, 2.24) is 0 Å². The second-order valence-corrected chi connectivity index (χ2v) is 11.4. The molecule has 0 atom stereocenters. The molecule has 0 heterocycles. The van der Waals surface area contributed by atoms with Crippen LogP contribution in [0.5, 0.6) is 0 Å². The molecule has 8 nitrogen and oxygen atoms in total. The Morgan fingerprint density at radius 2 is 1.03 bits per heavy atom. The maximum absolute atomic E-state index is 12.4. The number of anilines is 2. The van der Waals surface area contributed by atoms with Gasteiger partial charge in [-0.25, -0.2) is 0 Å². The molecule has 0 unspecified atom stereocenters. The van der Waals surface area contributed by atoms with Crippen molar-refractivity contribution in [3.05, 3.63) is 83.4 Å². The molecule has 0 radical (unpaired) electrons. The average Bonchev–Trinajstić information content (AvgIpc) is 2.86. The average molecular weight is 595 g/mol. The molecule has 12 heteroatoms. The fourth-order valence-electron chi connectivity index (χ4n) is 4.63. The number of rotatable bonds is 11. The van der Waals surface area contributed by atoms with Crippen LogP contribution in [0.15, 0.2) is 76.5 Å². The molecule has 2 N–H and O–H groups in total. The van der Waals surface area contributed by atoms with Crippen LogP contribution in [0.3, 0.4) is 0 Å². The molecule has 3 aromatic rings. The van der Waals surface area contributed by atoms with Crippen molar-refractivity contribution in [2.75, 3.05) is 36.0 Å². The largest absolute Gasteiger partial charge is 1.00 e. The first-order chi connectivity index (χ1) is 17.4. The third-order valence-corrected chi connectivity index (χ3v) is 8.36. The van der Waals surface area contributed by atoms with E-state index in [0.29, 0.717) is 11.1 Å². The van der Waals surface area contributed by atoms with Gasteiger partial charge in [-0.1, -0.05) is 24.3 Å². The summed E-state index contributed by atoms with van der Waals surface area (Å²) < 4.78 is 68.3. The third kappa shape index (κ3) is 8.78. The molecular formula is C27H36N2Na2O6S2. The minimum atomic E-state index is -4.71. The zero-order chi connectivity index (χ0) is 27.4. The molecule has 39 heavy (non-hydrogen) atoms. The number of hydrogen-bond acceptors (Lipinski definition) is 6. The molecule has 0 aliphatic heterocycles. The molecule has 0 fully saturated rings. The van der Waals surface area contributed by atoms with Gasteiger partial charge in [0.2, 0.25) is 0 Å². The van der Waals surface area contributed by atoms with Gasteiger partial charge in [0.05, 0.1) is 9.79 Å². The van der Waals surface area contributed by atoms with Gasteiger partial charge in [-0.05, 0) is 86.8 Å². The first kappa shape index (κ1) is 36.1. The fraction of sp³-hybridized carbons (Fsp3) is 0.333. The fourth-order valence-corrected chi connectivity index (χ4v) is 5.86. The van der Waals surface area contributed by atoms with Crippen molar-refractivity contribution in [2.45, 2.75) is 43.4 Å². The molecular weight excluding hydrogens is 558 g/mol. The number of hydrogen-bond donors (Lipinski definition) is 2. The van der Waals surface area contributed by atoms with Gasteiger partial charge in [0.25, 0.3) is 20.2 Å². The van der Waals surface area contributed by atoms with Crippen molar-refractivity contribution in [2.24, 2.45) is 0 Å². The van der Waals surface area contributed by atoms with Crippen LogP contribution in [-0.4, -0.2) is 52.1 Å². The van der Waals surface area contributed by atoms with Crippen LogP contribution < -0.4 is 68.9 Å². The van der Waals surface area contributed by atoms with Crippen LogP contribution >= 0.6 is 0 Å². The quantitative estimate of drug-likeness (QED) is 0.170. The Kier molecular flexibility index (Phi) is 14.2. The molecule has 0 saturated carbocycles. The predicted octanol–water partition coefficient (Wildman–Crippen LogP) is -0.714. The third-order valence-electron chi connectivity index (χ3n) is 6.58. The minimum absolute atomic E-state index is 0. The summed E-state index contributed by atoms with van der Waals surface area (Å²) in [6.45, 7) is 11.5. The van der Waals surface area contributed by atoms with E-state index in [4.69, 9.17) is 0 Å². The van der Waals surface area contributed by atoms with Gasteiger partial charge >= 0.3 is 59.1 Å². The minimum Gasteiger partial charge on any atom is -1.00 e. The zero-order valence-corrected chi connectivity index (χ0v) is 29.1. The topological polar surface area (TPSA) is 115 Å². The maximum atomic E-state index is 12.4. The first-order valence-corrected chi connectivity index (χ1v) is 15.1. The van der Waals surface area contributed by atoms with E-state index in [9.17, 15) is 25.9 Å². The van der Waals surface area contributed by atoms with Crippen LogP contribution in [0, 0.1) is 0 Å². The van der Waals surface area contributed by atoms with Crippen molar-refractivity contribution >= 4 is 31.6 Å². The second-order valence-electron chi connectivity index (χ2n) is 8.61. The van der Waals surface area contributed by atoms with Crippen LogP contribution in [0.25, 0.3) is 0 Å². The van der Waals surface area contributed by atoms with Crippen molar-refractivity contribution in [3.8, 4) is 0 Å². The van der Waals surface area contributed by atoms with E-state index in [1.807, 2.05) is 48.5 Å². The molecule has 0 aromatic heterocycles. The van der Waals surface area contributed by atoms with Gasteiger partial charge in [0, 0.05) is 43.5 Å². The van der Waals surface area contributed by atoms with Gasteiger partial charge in [-0.2, -0.15) is 16.8 Å². The van der Waals surface area contributed by atoms with E-state index < -0.39 is 35.9 Å². The van der Waals surface area contributed by atoms with E-state index in [0.717, 1.165) is 55.8 Å². The molecule has 3 aromatic carbocycles. The van der Waals surface area contributed by atoms with Gasteiger partial charge in [0.1, 0.15) is 0 Å². The molecule has 0 aliphatic rings. The van der Waals surface area contributed by atoms with E-state index in [2.05, 4.69) is 37.5 Å². The molecule has 0 amide bonds. The van der Waals surface area contributed by atoms with E-state index in [1.165, 1.54) is 0 Å². The standard InChI is InChI=1S/C27H34N2O6S2.2Na.2H/c1-5-28(6-2)22-13-9-20(10-14-22)27(21-11-15-23(16-12-21)29(7-3)8-4)25-19-24(36(30,31)32)17-18-26(25)37(33,34)35;;;;/h9-19,27H,5-8H2,1-4H3,(H,30,31,32)(H,33,34,35);;;;/q;2*+1;2*-1. The van der Waals surface area contributed by atoms with E-state index >= 15 is 0 Å². The summed E-state index contributed by atoms with van der Waals surface area (Å²) in [7, 11) is -9.33. The predicted molar refractivity (Wildman–Crippen MR) is 149 cm³/mol. The Labute approximate surface area is 279 Å². The Morgan fingerprint density at radius 1 is 0.641 bits per heavy atom. The maximum Gasteiger partial charge on any atom is 1.00 e. The van der Waals surface area contributed by atoms with Gasteiger partial charge in [-0.15, -0.1) is 0 Å². The summed E-state index contributed by atoms with van der Waals surface area (Å²) in [6, 6.07) is 18.3. The smallest absolute Gasteiger partial charge is 1.00 e. The summed E-state index contributed by atoms with van der Waals surface area (Å²) in [6.07, 6.45) is 0. The molecule has 204 valence electrons. The SMILES string of the molecule is CCN(CC)c1ccc(C(c2ccc(N(CC)CC)cc2)c2cc(S(=O)(=O)O)ccc2S(=O)(=O)O)cc1.[H-].[H-].[Na+].[Na+]. The summed E-state index contributed by atoms with van der Waals surface area (Å²) in [5.74, 6) is -0.741. The summed E-state index contributed by atoms with van der Waals surface area (Å²) in [5, 5.41) is 0.